The third-order valence-electron chi connectivity index (χ3n) is 4.58. The van der Waals surface area contributed by atoms with Crippen molar-refractivity contribution in [3.63, 3.8) is 0 Å². The molecule has 1 fully saturated rings. The molecule has 0 spiro atoms. The summed E-state index contributed by atoms with van der Waals surface area (Å²) >= 11 is 0. The molecule has 2 atom stereocenters. The van der Waals surface area contributed by atoms with E-state index in [2.05, 4.69) is 17.6 Å². The summed E-state index contributed by atoms with van der Waals surface area (Å²) in [4.78, 5) is 12.7. The second kappa shape index (κ2) is 6.94. The fourth-order valence-electron chi connectivity index (χ4n) is 3.08. The molecule has 4 heteroatoms. The number of nitrogens with one attached hydrogen (secondary N) is 2. The van der Waals surface area contributed by atoms with E-state index in [4.69, 9.17) is 4.74 Å². The molecule has 1 aromatic rings. The minimum absolute atomic E-state index is 0.0565. The third-order valence-corrected chi connectivity index (χ3v) is 4.58. The molecular formula is C17H26N2O2. The van der Waals surface area contributed by atoms with Crippen molar-refractivity contribution in [1.82, 2.24) is 10.6 Å². The van der Waals surface area contributed by atoms with Crippen LogP contribution in [-0.4, -0.2) is 26.1 Å². The second-order valence-corrected chi connectivity index (χ2v) is 5.85. The summed E-state index contributed by atoms with van der Waals surface area (Å²) in [6.45, 7) is 5.89. The first-order valence-electron chi connectivity index (χ1n) is 7.77. The number of rotatable bonds is 5. The van der Waals surface area contributed by atoms with Gasteiger partial charge in [-0.2, -0.15) is 0 Å². The predicted molar refractivity (Wildman–Crippen MR) is 84.4 cm³/mol. The maximum absolute atomic E-state index is 12.7. The number of carbonyl (C=O) groups excluding carboxylic acids is 1. The average molecular weight is 290 g/mol. The first-order valence-corrected chi connectivity index (χ1v) is 7.77. The van der Waals surface area contributed by atoms with E-state index in [9.17, 15) is 4.79 Å². The Morgan fingerprint density at radius 3 is 2.86 bits per heavy atom. The maximum atomic E-state index is 12.7. The van der Waals surface area contributed by atoms with Crippen molar-refractivity contribution in [3.8, 4) is 5.75 Å². The molecule has 0 saturated carbocycles. The van der Waals surface area contributed by atoms with E-state index in [1.165, 1.54) is 0 Å². The van der Waals surface area contributed by atoms with Crippen molar-refractivity contribution in [2.75, 3.05) is 20.2 Å². The summed E-state index contributed by atoms with van der Waals surface area (Å²) in [5, 5.41) is 6.53. The lowest BCUT2D eigenvalue weighted by atomic mass is 9.77. The average Bonchev–Trinajstić information content (AvgIpc) is 2.55. The SMILES string of the molecule is CCC1(C(=O)NC(C)c2ccccc2OC)CCCNC1. The molecule has 4 nitrogen and oxygen atoms in total. The molecule has 1 saturated heterocycles. The molecule has 0 bridgehead atoms. The third kappa shape index (κ3) is 3.38. The number of hydrogen-bond acceptors (Lipinski definition) is 3. The van der Waals surface area contributed by atoms with E-state index in [-0.39, 0.29) is 17.4 Å². The first-order chi connectivity index (χ1) is 10.1. The van der Waals surface area contributed by atoms with Crippen molar-refractivity contribution >= 4 is 5.91 Å². The quantitative estimate of drug-likeness (QED) is 0.876. The van der Waals surface area contributed by atoms with Gasteiger partial charge in [0.05, 0.1) is 18.6 Å². The number of hydrogen-bond donors (Lipinski definition) is 2. The predicted octanol–water partition coefficient (Wildman–Crippen LogP) is 2.65. The van der Waals surface area contributed by atoms with Gasteiger partial charge in [-0.25, -0.2) is 0 Å². The Kier molecular flexibility index (Phi) is 5.23. The van der Waals surface area contributed by atoms with Crippen LogP contribution in [0.4, 0.5) is 0 Å². The summed E-state index contributed by atoms with van der Waals surface area (Å²) in [5.41, 5.74) is 0.748. The molecule has 116 valence electrons. The molecule has 1 amide bonds. The largest absolute Gasteiger partial charge is 0.496 e. The number of piperidine rings is 1. The Hall–Kier alpha value is -1.55. The molecule has 2 N–H and O–H groups in total. The molecule has 1 aliphatic rings. The highest BCUT2D eigenvalue weighted by molar-refractivity contribution is 5.83. The lowest BCUT2D eigenvalue weighted by Crippen LogP contribution is -2.50. The van der Waals surface area contributed by atoms with Crippen molar-refractivity contribution in [1.29, 1.82) is 0 Å². The molecule has 0 aliphatic carbocycles. The summed E-state index contributed by atoms with van der Waals surface area (Å²) in [5.74, 6) is 0.966. The van der Waals surface area contributed by atoms with Crippen LogP contribution in [0.2, 0.25) is 0 Å². The van der Waals surface area contributed by atoms with Crippen LogP contribution < -0.4 is 15.4 Å². The van der Waals surface area contributed by atoms with Gasteiger partial charge >= 0.3 is 0 Å². The van der Waals surface area contributed by atoms with Gasteiger partial charge in [-0.15, -0.1) is 0 Å². The van der Waals surface area contributed by atoms with E-state index in [0.29, 0.717) is 0 Å². The molecule has 0 radical (unpaired) electrons. The Balaban J connectivity index is 2.11. The highest BCUT2D eigenvalue weighted by Crippen LogP contribution is 2.32. The first kappa shape index (κ1) is 15.8. The monoisotopic (exact) mass is 290 g/mol. The molecule has 2 unspecified atom stereocenters. The van der Waals surface area contributed by atoms with E-state index in [0.717, 1.165) is 43.7 Å². The van der Waals surface area contributed by atoms with Crippen molar-refractivity contribution < 1.29 is 9.53 Å². The zero-order valence-electron chi connectivity index (χ0n) is 13.2. The van der Waals surface area contributed by atoms with Gasteiger partial charge < -0.3 is 15.4 Å². The van der Waals surface area contributed by atoms with Gasteiger partial charge in [0.15, 0.2) is 0 Å². The van der Waals surface area contributed by atoms with E-state index >= 15 is 0 Å². The highest BCUT2D eigenvalue weighted by Gasteiger charge is 2.38. The fourth-order valence-corrected chi connectivity index (χ4v) is 3.08. The fraction of sp³-hybridized carbons (Fsp3) is 0.588. The Morgan fingerprint density at radius 2 is 2.24 bits per heavy atom. The van der Waals surface area contributed by atoms with Gasteiger partial charge in [0.1, 0.15) is 5.75 Å². The Labute approximate surface area is 127 Å². The Morgan fingerprint density at radius 1 is 1.48 bits per heavy atom. The molecule has 2 rings (SSSR count). The van der Waals surface area contributed by atoms with E-state index in [1.54, 1.807) is 7.11 Å². The smallest absolute Gasteiger partial charge is 0.227 e. The van der Waals surface area contributed by atoms with E-state index in [1.807, 2.05) is 31.2 Å². The van der Waals surface area contributed by atoms with Crippen molar-refractivity contribution in [2.24, 2.45) is 5.41 Å². The zero-order valence-corrected chi connectivity index (χ0v) is 13.2. The van der Waals surface area contributed by atoms with Gasteiger partial charge in [0.25, 0.3) is 0 Å². The van der Waals surface area contributed by atoms with Crippen LogP contribution in [0, 0.1) is 5.41 Å². The lowest BCUT2D eigenvalue weighted by molar-refractivity contribution is -0.133. The van der Waals surface area contributed by atoms with Crippen LogP contribution in [0.25, 0.3) is 0 Å². The number of carbonyl (C=O) groups is 1. The normalized spacial score (nSPS) is 23.4. The van der Waals surface area contributed by atoms with E-state index < -0.39 is 0 Å². The number of para-hydroxylation sites is 1. The number of ether oxygens (including phenoxy) is 1. The molecular weight excluding hydrogens is 264 g/mol. The minimum atomic E-state index is -0.269. The summed E-state index contributed by atoms with van der Waals surface area (Å²) in [7, 11) is 1.66. The van der Waals surface area contributed by atoms with Crippen LogP contribution in [0.15, 0.2) is 24.3 Å². The van der Waals surface area contributed by atoms with Crippen molar-refractivity contribution in [2.45, 2.75) is 39.2 Å². The number of amides is 1. The van der Waals surface area contributed by atoms with Gasteiger partial charge in [-0.3, -0.25) is 4.79 Å². The topological polar surface area (TPSA) is 50.4 Å². The standard InChI is InChI=1S/C17H26N2O2/c1-4-17(10-7-11-18-12-17)16(20)19-13(2)14-8-5-6-9-15(14)21-3/h5-6,8-9,13,18H,4,7,10-12H2,1-3H3,(H,19,20). The number of benzene rings is 1. The minimum Gasteiger partial charge on any atom is -0.496 e. The highest BCUT2D eigenvalue weighted by atomic mass is 16.5. The molecule has 1 heterocycles. The van der Waals surface area contributed by atoms with Crippen molar-refractivity contribution in [3.05, 3.63) is 29.8 Å². The number of methoxy groups -OCH3 is 1. The Bertz CT molecular complexity index is 481. The van der Waals surface area contributed by atoms with Gasteiger partial charge in [-0.1, -0.05) is 25.1 Å². The van der Waals surface area contributed by atoms with Crippen LogP contribution in [0.3, 0.4) is 0 Å². The molecule has 0 aromatic heterocycles. The van der Waals surface area contributed by atoms with Crippen LogP contribution in [0.1, 0.15) is 44.7 Å². The molecule has 1 aliphatic heterocycles. The summed E-state index contributed by atoms with van der Waals surface area (Å²) < 4.78 is 5.38. The zero-order chi connectivity index (χ0) is 15.3. The summed E-state index contributed by atoms with van der Waals surface area (Å²) in [6, 6.07) is 7.78. The maximum Gasteiger partial charge on any atom is 0.227 e. The summed E-state index contributed by atoms with van der Waals surface area (Å²) in [6.07, 6.45) is 2.88. The molecule has 1 aromatic carbocycles. The molecule has 21 heavy (non-hydrogen) atoms. The van der Waals surface area contributed by atoms with Crippen LogP contribution >= 0.6 is 0 Å². The van der Waals surface area contributed by atoms with Crippen LogP contribution in [0.5, 0.6) is 5.75 Å². The van der Waals surface area contributed by atoms with Gasteiger partial charge in [0, 0.05) is 12.1 Å². The van der Waals surface area contributed by atoms with Crippen LogP contribution in [-0.2, 0) is 4.79 Å². The lowest BCUT2D eigenvalue weighted by Gasteiger charge is -2.36. The second-order valence-electron chi connectivity index (χ2n) is 5.85. The van der Waals surface area contributed by atoms with Gasteiger partial charge in [0.2, 0.25) is 5.91 Å². The van der Waals surface area contributed by atoms with Gasteiger partial charge in [-0.05, 0) is 38.8 Å².